The first-order chi connectivity index (χ1) is 16.6. The molecule has 34 heavy (non-hydrogen) atoms. The van der Waals surface area contributed by atoms with Gasteiger partial charge in [0, 0.05) is 41.0 Å². The Morgan fingerprint density at radius 2 is 1.94 bits per heavy atom. The molecule has 1 unspecified atom stereocenters. The molecule has 0 saturated heterocycles. The van der Waals surface area contributed by atoms with Gasteiger partial charge >= 0.3 is 0 Å². The van der Waals surface area contributed by atoms with Gasteiger partial charge in [-0.1, -0.05) is 26.0 Å². The minimum atomic E-state index is -0.373. The molecule has 0 bridgehead atoms. The van der Waals surface area contributed by atoms with Crippen LogP contribution in [0.15, 0.2) is 48.9 Å². The van der Waals surface area contributed by atoms with Crippen molar-refractivity contribution in [2.24, 2.45) is 0 Å². The van der Waals surface area contributed by atoms with E-state index in [0.717, 1.165) is 33.2 Å². The Bertz CT molecular complexity index is 1380. The number of amides is 3. The highest BCUT2D eigenvalue weighted by atomic mass is 16.2. The Morgan fingerprint density at radius 1 is 1.15 bits per heavy atom. The Kier molecular flexibility index (Phi) is 6.53. The number of aromatic amines is 1. The third kappa shape index (κ3) is 3.96. The number of pyridine rings is 2. The number of nitrogens with zero attached hydrogens (tertiary/aromatic N) is 3. The average molecular weight is 459 g/mol. The molecule has 174 valence electrons. The van der Waals surface area contributed by atoms with Gasteiger partial charge < -0.3 is 10.3 Å². The van der Waals surface area contributed by atoms with Gasteiger partial charge in [0.25, 0.3) is 5.91 Å². The normalized spacial score (nSPS) is 12.9. The Morgan fingerprint density at radius 3 is 2.74 bits per heavy atom. The molecule has 0 radical (unpaired) electrons. The smallest absolute Gasteiger partial charge is 0.260 e. The minimum absolute atomic E-state index is 0.136. The summed E-state index contributed by atoms with van der Waals surface area (Å²) in [6, 6.07) is 9.19. The number of imide groups is 1. The van der Waals surface area contributed by atoms with Crippen molar-refractivity contribution in [3.8, 4) is 0 Å². The molecule has 0 fully saturated rings. The lowest BCUT2D eigenvalue weighted by atomic mass is 10.1. The highest BCUT2D eigenvalue weighted by Gasteiger charge is 2.35. The zero-order valence-electron chi connectivity index (χ0n) is 19.3. The number of rotatable bonds is 7. The summed E-state index contributed by atoms with van der Waals surface area (Å²) in [6.45, 7) is 5.87. The Labute approximate surface area is 196 Å². The average Bonchev–Trinajstić information content (AvgIpc) is 3.40. The molecule has 5 rings (SSSR count). The van der Waals surface area contributed by atoms with E-state index in [1.807, 2.05) is 51.2 Å². The van der Waals surface area contributed by atoms with E-state index < -0.39 is 0 Å². The van der Waals surface area contributed by atoms with Crippen molar-refractivity contribution in [1.29, 1.82) is 0 Å². The second kappa shape index (κ2) is 9.70. The molecular formula is C25H26N6O3. The van der Waals surface area contributed by atoms with Crippen LogP contribution in [0.2, 0.25) is 0 Å². The van der Waals surface area contributed by atoms with Gasteiger partial charge in [-0.15, -0.1) is 0 Å². The van der Waals surface area contributed by atoms with Crippen molar-refractivity contribution in [2.75, 3.05) is 10.2 Å². The number of hydrogen-bond donors (Lipinski definition) is 3. The summed E-state index contributed by atoms with van der Waals surface area (Å²) in [4.78, 5) is 49.0. The predicted molar refractivity (Wildman–Crippen MR) is 132 cm³/mol. The molecule has 1 aliphatic rings. The number of hydrogen-bond acceptors (Lipinski definition) is 6. The Hall–Kier alpha value is -4.27. The van der Waals surface area contributed by atoms with Crippen LogP contribution in [-0.4, -0.2) is 39.2 Å². The summed E-state index contributed by atoms with van der Waals surface area (Å²) in [6.07, 6.45) is 6.21. The number of H-pyrrole nitrogens is 1. The first-order valence-electron chi connectivity index (χ1n) is 11.3. The monoisotopic (exact) mass is 458 g/mol. The largest absolute Gasteiger partial charge is 0.352 e. The van der Waals surface area contributed by atoms with Crippen LogP contribution in [0.3, 0.4) is 0 Å². The topological polar surface area (TPSA) is 120 Å². The standard InChI is InChI=1S/C23H20N6O3.C2H6/c1-13(7-8-19(31)27-12-30)29-22-20-14(4-2-5-16(20)23(29)32)17(11-26-22)28-18-10-25-21-15(18)6-3-9-24-21;1-2/h2-6,9-13,28H,7-8H2,1H3,(H,24,25)(H,27,30,31);1-2H3. The molecule has 1 aliphatic heterocycles. The summed E-state index contributed by atoms with van der Waals surface area (Å²) in [5.74, 6) is 0.0618. The van der Waals surface area contributed by atoms with Gasteiger partial charge in [-0.05, 0) is 31.5 Å². The summed E-state index contributed by atoms with van der Waals surface area (Å²) < 4.78 is 0. The van der Waals surface area contributed by atoms with Crippen LogP contribution >= 0.6 is 0 Å². The van der Waals surface area contributed by atoms with Gasteiger partial charge in [-0.25, -0.2) is 9.97 Å². The van der Waals surface area contributed by atoms with E-state index in [1.165, 1.54) is 0 Å². The van der Waals surface area contributed by atoms with Gasteiger partial charge in [0.2, 0.25) is 12.3 Å². The number of aromatic nitrogens is 3. The number of nitrogens with one attached hydrogen (secondary N) is 3. The second-order valence-corrected chi connectivity index (χ2v) is 7.70. The van der Waals surface area contributed by atoms with Crippen molar-refractivity contribution >= 4 is 57.2 Å². The van der Waals surface area contributed by atoms with Crippen LogP contribution in [-0.2, 0) is 9.59 Å². The first-order valence-corrected chi connectivity index (χ1v) is 11.3. The van der Waals surface area contributed by atoms with E-state index in [-0.39, 0.29) is 24.3 Å². The molecule has 3 aromatic heterocycles. The van der Waals surface area contributed by atoms with Crippen molar-refractivity contribution < 1.29 is 14.4 Å². The van der Waals surface area contributed by atoms with Crippen molar-refractivity contribution in [3.63, 3.8) is 0 Å². The molecule has 9 nitrogen and oxygen atoms in total. The third-order valence-corrected chi connectivity index (χ3v) is 5.74. The number of benzene rings is 1. The molecular weight excluding hydrogens is 432 g/mol. The number of anilines is 3. The van der Waals surface area contributed by atoms with Crippen LogP contribution in [0, 0.1) is 0 Å². The highest BCUT2D eigenvalue weighted by Crippen LogP contribution is 2.41. The third-order valence-electron chi connectivity index (χ3n) is 5.74. The van der Waals surface area contributed by atoms with E-state index in [2.05, 4.69) is 25.6 Å². The van der Waals surface area contributed by atoms with E-state index in [0.29, 0.717) is 24.2 Å². The summed E-state index contributed by atoms with van der Waals surface area (Å²) in [5, 5.41) is 8.16. The molecule has 0 aliphatic carbocycles. The molecule has 0 spiro atoms. The SMILES string of the molecule is CC.CC(CCC(=O)NC=O)N1C(=O)c2cccc3c(Nc4c[nH]c5ncccc45)cnc1c23. The quantitative estimate of drug-likeness (QED) is 0.356. The predicted octanol–water partition coefficient (Wildman–Crippen LogP) is 4.28. The fraction of sp³-hybridized carbons (Fsp3) is 0.240. The molecule has 3 amide bonds. The van der Waals surface area contributed by atoms with Crippen molar-refractivity contribution in [1.82, 2.24) is 20.3 Å². The fourth-order valence-electron chi connectivity index (χ4n) is 4.18. The van der Waals surface area contributed by atoms with Crippen LogP contribution in [0.4, 0.5) is 17.2 Å². The lowest BCUT2D eigenvalue weighted by Crippen LogP contribution is -2.37. The maximum Gasteiger partial charge on any atom is 0.260 e. The molecule has 1 atom stereocenters. The summed E-state index contributed by atoms with van der Waals surface area (Å²) in [7, 11) is 0. The number of carbonyl (C=O) groups is 3. The minimum Gasteiger partial charge on any atom is -0.352 e. The highest BCUT2D eigenvalue weighted by molar-refractivity contribution is 6.26. The van der Waals surface area contributed by atoms with E-state index in [4.69, 9.17) is 0 Å². The van der Waals surface area contributed by atoms with Gasteiger partial charge in [0.05, 0.1) is 23.1 Å². The van der Waals surface area contributed by atoms with Gasteiger partial charge in [0.1, 0.15) is 11.5 Å². The molecule has 4 aromatic rings. The molecule has 9 heteroatoms. The lowest BCUT2D eigenvalue weighted by Gasteiger charge is -2.24. The molecule has 3 N–H and O–H groups in total. The number of fused-ring (bicyclic) bond motifs is 1. The van der Waals surface area contributed by atoms with Gasteiger partial charge in [-0.3, -0.25) is 24.6 Å². The van der Waals surface area contributed by atoms with Gasteiger partial charge in [0.15, 0.2) is 0 Å². The fourth-order valence-corrected chi connectivity index (χ4v) is 4.18. The molecule has 4 heterocycles. The second-order valence-electron chi connectivity index (χ2n) is 7.70. The van der Waals surface area contributed by atoms with Crippen LogP contribution in [0.5, 0.6) is 0 Å². The summed E-state index contributed by atoms with van der Waals surface area (Å²) >= 11 is 0. The zero-order chi connectivity index (χ0) is 24.2. The van der Waals surface area contributed by atoms with E-state index in [9.17, 15) is 14.4 Å². The first kappa shape index (κ1) is 22.9. The van der Waals surface area contributed by atoms with Crippen molar-refractivity contribution in [2.45, 2.75) is 39.7 Å². The van der Waals surface area contributed by atoms with E-state index >= 15 is 0 Å². The number of carbonyl (C=O) groups excluding carboxylic acids is 3. The van der Waals surface area contributed by atoms with Crippen LogP contribution in [0.1, 0.15) is 44.0 Å². The van der Waals surface area contributed by atoms with Crippen LogP contribution < -0.4 is 15.5 Å². The maximum atomic E-state index is 13.2. The zero-order valence-corrected chi connectivity index (χ0v) is 19.3. The van der Waals surface area contributed by atoms with E-state index in [1.54, 1.807) is 23.4 Å². The van der Waals surface area contributed by atoms with Crippen LogP contribution in [0.25, 0.3) is 21.8 Å². The van der Waals surface area contributed by atoms with Crippen molar-refractivity contribution in [3.05, 3.63) is 54.5 Å². The molecule has 0 saturated carbocycles. The summed E-state index contributed by atoms with van der Waals surface area (Å²) in [5.41, 5.74) is 3.01. The molecule has 1 aromatic carbocycles. The maximum absolute atomic E-state index is 13.2. The van der Waals surface area contributed by atoms with Gasteiger partial charge in [-0.2, -0.15) is 0 Å². The lowest BCUT2D eigenvalue weighted by molar-refractivity contribution is -0.125. The Balaban J connectivity index is 0.00000133.